The second kappa shape index (κ2) is 4.15. The van der Waals surface area contributed by atoms with Crippen LogP contribution >= 0.6 is 0 Å². The summed E-state index contributed by atoms with van der Waals surface area (Å²) < 4.78 is 0. The molecule has 0 aromatic heterocycles. The van der Waals surface area contributed by atoms with Crippen LogP contribution in [-0.2, 0) is 0 Å². The lowest BCUT2D eigenvalue weighted by molar-refractivity contribution is -0.385. The van der Waals surface area contributed by atoms with Crippen molar-refractivity contribution in [2.45, 2.75) is 0 Å². The maximum atomic E-state index is 10.6. The van der Waals surface area contributed by atoms with Gasteiger partial charge in [-0.05, 0) is 11.6 Å². The zero-order valence-corrected chi connectivity index (χ0v) is 7.56. The monoisotopic (exact) mass is 224 g/mol. The van der Waals surface area contributed by atoms with Gasteiger partial charge in [-0.25, -0.2) is 4.79 Å². The van der Waals surface area contributed by atoms with E-state index in [0.29, 0.717) is 0 Å². The molecule has 9 nitrogen and oxygen atoms in total. The van der Waals surface area contributed by atoms with Crippen LogP contribution in [-0.4, -0.2) is 21.1 Å². The van der Waals surface area contributed by atoms with Crippen molar-refractivity contribution in [3.05, 3.63) is 38.3 Å². The van der Waals surface area contributed by atoms with Crippen LogP contribution in [0.2, 0.25) is 0 Å². The molecular formula is C7H4N4O5. The van der Waals surface area contributed by atoms with Gasteiger partial charge in [0.2, 0.25) is 5.75 Å². The van der Waals surface area contributed by atoms with Crippen molar-refractivity contribution in [1.82, 2.24) is 0 Å². The summed E-state index contributed by atoms with van der Waals surface area (Å²) in [6, 6.07) is 1.62. The van der Waals surface area contributed by atoms with E-state index in [4.69, 9.17) is 10.6 Å². The van der Waals surface area contributed by atoms with Crippen LogP contribution in [0.15, 0.2) is 17.2 Å². The van der Waals surface area contributed by atoms with E-state index in [1.165, 1.54) is 0 Å². The van der Waals surface area contributed by atoms with E-state index in [9.17, 15) is 20.0 Å². The van der Waals surface area contributed by atoms with Crippen LogP contribution in [0.1, 0.15) is 10.4 Å². The topological polar surface area (TPSA) is 149 Å². The maximum Gasteiger partial charge on any atom is 0.339 e. The quantitative estimate of drug-likeness (QED) is 0.264. The fraction of sp³-hybridized carbons (Fsp3) is 0. The van der Waals surface area contributed by atoms with Crippen LogP contribution in [0.5, 0.6) is 5.75 Å². The highest BCUT2D eigenvalue weighted by Gasteiger charge is 2.22. The van der Waals surface area contributed by atoms with Gasteiger partial charge in [0.15, 0.2) is 0 Å². The van der Waals surface area contributed by atoms with Gasteiger partial charge in [-0.2, -0.15) is 0 Å². The van der Waals surface area contributed by atoms with Crippen molar-refractivity contribution in [2.24, 2.45) is 5.11 Å². The number of hydrogen-bond acceptors (Lipinski definition) is 5. The molecule has 16 heavy (non-hydrogen) atoms. The number of carbonyl (C=O) groups is 1. The van der Waals surface area contributed by atoms with E-state index < -0.39 is 27.9 Å². The standard InChI is InChI=1S/C7H4N4O5/c8-10-9-3-1-4(7(13)14)6(12)5(2-3)11(15)16/h1-2,12H,(H,13,14). The van der Waals surface area contributed by atoms with Gasteiger partial charge in [0.1, 0.15) is 5.56 Å². The molecule has 1 aromatic rings. The molecule has 0 radical (unpaired) electrons. The van der Waals surface area contributed by atoms with Crippen LogP contribution in [0.4, 0.5) is 11.4 Å². The molecular weight excluding hydrogens is 220 g/mol. The molecule has 0 atom stereocenters. The van der Waals surface area contributed by atoms with Gasteiger partial charge in [0.25, 0.3) is 0 Å². The van der Waals surface area contributed by atoms with E-state index in [2.05, 4.69) is 10.0 Å². The van der Waals surface area contributed by atoms with Crippen molar-refractivity contribution < 1.29 is 19.9 Å². The number of nitro groups is 1. The fourth-order valence-corrected chi connectivity index (χ4v) is 1.02. The molecule has 2 N–H and O–H groups in total. The third-order valence-electron chi connectivity index (χ3n) is 1.66. The van der Waals surface area contributed by atoms with E-state index >= 15 is 0 Å². The van der Waals surface area contributed by atoms with E-state index in [0.717, 1.165) is 12.1 Å². The minimum absolute atomic E-state index is 0.260. The first-order chi connectivity index (χ1) is 7.47. The van der Waals surface area contributed by atoms with Crippen molar-refractivity contribution >= 4 is 17.3 Å². The molecule has 0 bridgehead atoms. The largest absolute Gasteiger partial charge is 0.501 e. The SMILES string of the molecule is [N-]=[N+]=Nc1cc(C(=O)O)c(O)c([N+](=O)[O-])c1. The summed E-state index contributed by atoms with van der Waals surface area (Å²) in [4.78, 5) is 22.5. The lowest BCUT2D eigenvalue weighted by Crippen LogP contribution is -1.99. The predicted molar refractivity (Wildman–Crippen MR) is 50.5 cm³/mol. The Hall–Kier alpha value is -2.80. The van der Waals surface area contributed by atoms with Gasteiger partial charge in [0, 0.05) is 16.7 Å². The molecule has 0 aliphatic heterocycles. The summed E-state index contributed by atoms with van der Waals surface area (Å²) in [6.45, 7) is 0. The summed E-state index contributed by atoms with van der Waals surface area (Å²) in [5.74, 6) is -2.54. The molecule has 9 heteroatoms. The Bertz CT molecular complexity index is 485. The number of azide groups is 1. The first-order valence-corrected chi connectivity index (χ1v) is 3.77. The Morgan fingerprint density at radius 3 is 2.62 bits per heavy atom. The average Bonchev–Trinajstić information content (AvgIpc) is 2.19. The molecule has 0 saturated carbocycles. The maximum absolute atomic E-state index is 10.6. The summed E-state index contributed by atoms with van der Waals surface area (Å²) in [6.07, 6.45) is 0. The molecule has 0 unspecified atom stereocenters. The van der Waals surface area contributed by atoms with Crippen molar-refractivity contribution in [3.8, 4) is 5.75 Å². The minimum atomic E-state index is -1.56. The van der Waals surface area contributed by atoms with Gasteiger partial charge in [-0.1, -0.05) is 5.11 Å². The molecule has 0 saturated heterocycles. The minimum Gasteiger partial charge on any atom is -0.501 e. The lowest BCUT2D eigenvalue weighted by Gasteiger charge is -2.01. The molecule has 0 aliphatic carbocycles. The Kier molecular flexibility index (Phi) is 2.93. The second-order valence-electron chi connectivity index (χ2n) is 2.61. The van der Waals surface area contributed by atoms with Gasteiger partial charge in [0.05, 0.1) is 4.92 Å². The zero-order chi connectivity index (χ0) is 12.3. The normalized spacial score (nSPS) is 9.25. The van der Waals surface area contributed by atoms with Crippen molar-refractivity contribution in [1.29, 1.82) is 0 Å². The number of aromatic hydroxyl groups is 1. The Morgan fingerprint density at radius 2 is 2.19 bits per heavy atom. The predicted octanol–water partition coefficient (Wildman–Crippen LogP) is 1.94. The molecule has 0 spiro atoms. The number of carboxylic acid groups (broad SMARTS) is 1. The van der Waals surface area contributed by atoms with Crippen LogP contribution in [0.3, 0.4) is 0 Å². The van der Waals surface area contributed by atoms with Gasteiger partial charge in [-0.3, -0.25) is 10.1 Å². The molecule has 82 valence electrons. The number of aromatic carboxylic acids is 1. The average molecular weight is 224 g/mol. The van der Waals surface area contributed by atoms with Crippen molar-refractivity contribution in [2.75, 3.05) is 0 Å². The van der Waals surface area contributed by atoms with E-state index in [-0.39, 0.29) is 5.69 Å². The Labute approximate surface area is 87.3 Å². The van der Waals surface area contributed by atoms with Crippen LogP contribution in [0, 0.1) is 10.1 Å². The third kappa shape index (κ3) is 1.99. The number of phenols is 1. The highest BCUT2D eigenvalue weighted by molar-refractivity contribution is 5.93. The highest BCUT2D eigenvalue weighted by atomic mass is 16.6. The molecule has 0 fully saturated rings. The number of benzene rings is 1. The van der Waals surface area contributed by atoms with Gasteiger partial charge < -0.3 is 10.2 Å². The summed E-state index contributed by atoms with van der Waals surface area (Å²) in [7, 11) is 0. The van der Waals surface area contributed by atoms with E-state index in [1.54, 1.807) is 0 Å². The Morgan fingerprint density at radius 1 is 1.56 bits per heavy atom. The second-order valence-corrected chi connectivity index (χ2v) is 2.61. The molecule has 0 heterocycles. The summed E-state index contributed by atoms with van der Waals surface area (Å²) in [5.41, 5.74) is 6.34. The van der Waals surface area contributed by atoms with Gasteiger partial charge >= 0.3 is 11.7 Å². The number of rotatable bonds is 3. The number of nitro benzene ring substituents is 1. The highest BCUT2D eigenvalue weighted by Crippen LogP contribution is 2.34. The summed E-state index contributed by atoms with van der Waals surface area (Å²) in [5, 5.41) is 31.4. The summed E-state index contributed by atoms with van der Waals surface area (Å²) >= 11 is 0. The number of hydrogen-bond donors (Lipinski definition) is 2. The smallest absolute Gasteiger partial charge is 0.339 e. The van der Waals surface area contributed by atoms with Crippen LogP contribution < -0.4 is 0 Å². The van der Waals surface area contributed by atoms with Crippen molar-refractivity contribution in [3.63, 3.8) is 0 Å². The molecule has 0 aliphatic rings. The zero-order valence-electron chi connectivity index (χ0n) is 7.56. The molecule has 1 rings (SSSR count). The third-order valence-corrected chi connectivity index (χ3v) is 1.66. The fourth-order valence-electron chi connectivity index (χ4n) is 1.02. The van der Waals surface area contributed by atoms with Crippen LogP contribution in [0.25, 0.3) is 10.4 Å². The molecule has 1 aromatic carbocycles. The number of nitrogens with zero attached hydrogens (tertiary/aromatic N) is 4. The van der Waals surface area contributed by atoms with E-state index in [1.807, 2.05) is 0 Å². The lowest BCUT2D eigenvalue weighted by atomic mass is 10.1. The number of carboxylic acids is 1. The molecule has 0 amide bonds. The first-order valence-electron chi connectivity index (χ1n) is 3.77. The first kappa shape index (κ1) is 11.3. The Balaban J connectivity index is 3.56. The van der Waals surface area contributed by atoms with Gasteiger partial charge in [-0.15, -0.1) is 0 Å².